The van der Waals surface area contributed by atoms with Crippen molar-refractivity contribution in [1.82, 2.24) is 0 Å². The van der Waals surface area contributed by atoms with Crippen molar-refractivity contribution in [3.8, 4) is 6.07 Å². The zero-order valence-corrected chi connectivity index (χ0v) is 11.6. The van der Waals surface area contributed by atoms with Gasteiger partial charge in [0.1, 0.15) is 5.41 Å². The van der Waals surface area contributed by atoms with Gasteiger partial charge in [0.05, 0.1) is 35.4 Å². The Labute approximate surface area is 108 Å². The first-order chi connectivity index (χ1) is 8.14. The Kier molecular flexibility index (Phi) is 3.01. The van der Waals surface area contributed by atoms with Crippen LogP contribution in [0, 0.1) is 16.7 Å². The second kappa shape index (κ2) is 3.92. The van der Waals surface area contributed by atoms with E-state index in [1.54, 1.807) is 0 Å². The summed E-state index contributed by atoms with van der Waals surface area (Å²) in [4.78, 5) is 0. The zero-order valence-electron chi connectivity index (χ0n) is 10.8. The fraction of sp³-hybridized carbons (Fsp3) is 0.917. The fourth-order valence-electron chi connectivity index (χ4n) is 3.16. The van der Waals surface area contributed by atoms with E-state index in [9.17, 15) is 18.8 Å². The summed E-state index contributed by atoms with van der Waals surface area (Å²) < 4.78 is 28.9. The van der Waals surface area contributed by atoms with Gasteiger partial charge in [-0.25, -0.2) is 8.42 Å². The van der Waals surface area contributed by atoms with E-state index >= 15 is 0 Å². The molecule has 0 amide bonds. The molecular formula is C12H19NO4S. The molecule has 0 saturated carbocycles. The van der Waals surface area contributed by atoms with Crippen LogP contribution in [-0.4, -0.2) is 42.8 Å². The van der Waals surface area contributed by atoms with Crippen molar-refractivity contribution in [1.29, 1.82) is 5.26 Å². The van der Waals surface area contributed by atoms with Gasteiger partial charge < -0.3 is 9.84 Å². The molecule has 0 aliphatic carbocycles. The Morgan fingerprint density at radius 2 is 2.00 bits per heavy atom. The second-order valence-corrected chi connectivity index (χ2v) is 8.29. The van der Waals surface area contributed by atoms with Gasteiger partial charge in [-0.3, -0.25) is 0 Å². The van der Waals surface area contributed by atoms with Gasteiger partial charge >= 0.3 is 0 Å². The van der Waals surface area contributed by atoms with Crippen LogP contribution < -0.4 is 0 Å². The average Bonchev–Trinajstić information content (AvgIpc) is 2.54. The summed E-state index contributed by atoms with van der Waals surface area (Å²) in [5, 5.41) is 20.2. The van der Waals surface area contributed by atoms with E-state index < -0.39 is 26.5 Å². The minimum absolute atomic E-state index is 0.00977. The zero-order chi connectivity index (χ0) is 13.7. The highest BCUT2D eigenvalue weighted by Gasteiger charge is 2.59. The summed E-state index contributed by atoms with van der Waals surface area (Å²) in [5.74, 6) is -0.243. The predicted molar refractivity (Wildman–Crippen MR) is 65.5 cm³/mol. The van der Waals surface area contributed by atoms with Crippen LogP contribution in [0.25, 0.3) is 0 Å². The highest BCUT2D eigenvalue weighted by molar-refractivity contribution is 7.91. The first kappa shape index (κ1) is 13.8. The molecular weight excluding hydrogens is 254 g/mol. The van der Waals surface area contributed by atoms with Gasteiger partial charge in [0.2, 0.25) is 0 Å². The molecule has 2 unspecified atom stereocenters. The van der Waals surface area contributed by atoms with Crippen molar-refractivity contribution in [2.75, 3.05) is 18.1 Å². The van der Waals surface area contributed by atoms with Crippen LogP contribution in [-0.2, 0) is 14.6 Å². The van der Waals surface area contributed by atoms with Crippen molar-refractivity contribution in [2.45, 2.75) is 44.3 Å². The van der Waals surface area contributed by atoms with Gasteiger partial charge in [-0.2, -0.15) is 5.26 Å². The molecule has 2 rings (SSSR count). The summed E-state index contributed by atoms with van der Waals surface area (Å²) in [6.07, 6.45) is 0.834. The molecule has 2 fully saturated rings. The smallest absolute Gasteiger partial charge is 0.152 e. The number of rotatable bonds is 1. The number of nitriles is 1. The normalized spacial score (nSPS) is 42.3. The Balaban J connectivity index is 2.37. The lowest BCUT2D eigenvalue weighted by atomic mass is 9.65. The molecule has 2 atom stereocenters. The van der Waals surface area contributed by atoms with E-state index in [4.69, 9.17) is 4.74 Å². The molecule has 2 aliphatic heterocycles. The maximum absolute atomic E-state index is 11.7. The maximum Gasteiger partial charge on any atom is 0.152 e. The maximum atomic E-state index is 11.7. The standard InChI is InChI=1S/C12H19NO4S/c1-10(2)7-12(14,3-5-17-10)11(8-13)4-6-18(15,16)9-11/h14H,3-7,9H2,1-2H3. The largest absolute Gasteiger partial charge is 0.388 e. The lowest BCUT2D eigenvalue weighted by Crippen LogP contribution is -2.56. The lowest BCUT2D eigenvalue weighted by molar-refractivity contribution is -0.176. The Hall–Kier alpha value is -0.640. The predicted octanol–water partition coefficient (Wildman–Crippen LogP) is 0.635. The topological polar surface area (TPSA) is 87.4 Å². The van der Waals surface area contributed by atoms with Gasteiger partial charge in [-0.1, -0.05) is 0 Å². The number of nitrogens with zero attached hydrogens (tertiary/aromatic N) is 1. The molecule has 0 bridgehead atoms. The van der Waals surface area contributed by atoms with Gasteiger partial charge in [0.15, 0.2) is 9.84 Å². The molecule has 0 aromatic rings. The van der Waals surface area contributed by atoms with Gasteiger partial charge in [0, 0.05) is 12.8 Å². The quantitative estimate of drug-likeness (QED) is 0.757. The minimum atomic E-state index is -3.21. The van der Waals surface area contributed by atoms with Crippen LogP contribution in [0.3, 0.4) is 0 Å². The molecule has 2 heterocycles. The fourth-order valence-corrected chi connectivity index (χ4v) is 5.19. The second-order valence-electron chi connectivity index (χ2n) is 6.10. The van der Waals surface area contributed by atoms with Gasteiger partial charge in [-0.05, 0) is 20.3 Å². The molecule has 0 aromatic heterocycles. The molecule has 5 nitrogen and oxygen atoms in total. The Morgan fingerprint density at radius 1 is 1.33 bits per heavy atom. The van der Waals surface area contributed by atoms with Crippen LogP contribution in [0.4, 0.5) is 0 Å². The minimum Gasteiger partial charge on any atom is -0.388 e. The van der Waals surface area contributed by atoms with E-state index in [1.165, 1.54) is 0 Å². The third-order valence-electron chi connectivity index (χ3n) is 4.14. The van der Waals surface area contributed by atoms with Crippen molar-refractivity contribution < 1.29 is 18.3 Å². The van der Waals surface area contributed by atoms with E-state index in [0.717, 1.165) is 0 Å². The van der Waals surface area contributed by atoms with E-state index in [2.05, 4.69) is 6.07 Å². The van der Waals surface area contributed by atoms with E-state index in [0.29, 0.717) is 19.4 Å². The first-order valence-corrected chi connectivity index (χ1v) is 7.94. The number of sulfone groups is 1. The van der Waals surface area contributed by atoms with Crippen molar-refractivity contribution in [3.63, 3.8) is 0 Å². The van der Waals surface area contributed by atoms with Crippen LogP contribution in [0.5, 0.6) is 0 Å². The molecule has 0 aromatic carbocycles. The third-order valence-corrected chi connectivity index (χ3v) is 5.90. The van der Waals surface area contributed by atoms with Crippen molar-refractivity contribution in [3.05, 3.63) is 0 Å². The third kappa shape index (κ3) is 2.15. The number of hydrogen-bond donors (Lipinski definition) is 1. The van der Waals surface area contributed by atoms with E-state index in [1.807, 2.05) is 13.8 Å². The SMILES string of the molecule is CC1(C)CC(O)(C2(C#N)CCS(=O)(=O)C2)CCO1. The number of aliphatic hydroxyl groups is 1. The van der Waals surface area contributed by atoms with Crippen LogP contribution in [0.15, 0.2) is 0 Å². The van der Waals surface area contributed by atoms with Crippen LogP contribution in [0.2, 0.25) is 0 Å². The van der Waals surface area contributed by atoms with E-state index in [-0.39, 0.29) is 17.9 Å². The molecule has 0 spiro atoms. The van der Waals surface area contributed by atoms with Crippen molar-refractivity contribution in [2.24, 2.45) is 5.41 Å². The summed E-state index contributed by atoms with van der Waals surface area (Å²) in [5.41, 5.74) is -2.97. The summed E-state index contributed by atoms with van der Waals surface area (Å²) in [6, 6.07) is 2.10. The monoisotopic (exact) mass is 273 g/mol. The number of ether oxygens (including phenoxy) is 1. The molecule has 18 heavy (non-hydrogen) atoms. The number of hydrogen-bond acceptors (Lipinski definition) is 5. The molecule has 6 heteroatoms. The first-order valence-electron chi connectivity index (χ1n) is 6.12. The summed E-state index contributed by atoms with van der Waals surface area (Å²) in [6.45, 7) is 4.06. The van der Waals surface area contributed by atoms with Crippen molar-refractivity contribution >= 4 is 9.84 Å². The molecule has 2 saturated heterocycles. The Morgan fingerprint density at radius 3 is 2.44 bits per heavy atom. The molecule has 102 valence electrons. The van der Waals surface area contributed by atoms with Crippen LogP contribution in [0.1, 0.15) is 33.1 Å². The Bertz CT molecular complexity index is 493. The summed E-state index contributed by atoms with van der Waals surface area (Å²) in [7, 11) is -3.21. The van der Waals surface area contributed by atoms with Crippen LogP contribution >= 0.6 is 0 Å². The molecule has 1 N–H and O–H groups in total. The molecule has 0 radical (unpaired) electrons. The summed E-state index contributed by atoms with van der Waals surface area (Å²) >= 11 is 0. The van der Waals surface area contributed by atoms with Gasteiger partial charge in [0.25, 0.3) is 0 Å². The lowest BCUT2D eigenvalue weighted by Gasteiger charge is -2.47. The van der Waals surface area contributed by atoms with Gasteiger partial charge in [-0.15, -0.1) is 0 Å². The highest BCUT2D eigenvalue weighted by atomic mass is 32.2. The average molecular weight is 273 g/mol. The molecule has 2 aliphatic rings. The highest BCUT2D eigenvalue weighted by Crippen LogP contribution is 2.49.